The number of rotatable bonds is 5. The van der Waals surface area contributed by atoms with Gasteiger partial charge >= 0.3 is 5.97 Å². The van der Waals surface area contributed by atoms with E-state index >= 15 is 0 Å². The van der Waals surface area contributed by atoms with Crippen molar-refractivity contribution in [2.45, 2.75) is 71.4 Å². The molecule has 0 unspecified atom stereocenters. The summed E-state index contributed by atoms with van der Waals surface area (Å²) in [5.41, 5.74) is 4.29. The van der Waals surface area contributed by atoms with E-state index < -0.39 is 0 Å². The lowest BCUT2D eigenvalue weighted by Crippen LogP contribution is -2.49. The molecule has 4 heteroatoms. The van der Waals surface area contributed by atoms with Crippen molar-refractivity contribution in [1.82, 2.24) is 9.88 Å². The van der Waals surface area contributed by atoms with Crippen LogP contribution in [0.5, 0.6) is 0 Å². The number of esters is 1. The first kappa shape index (κ1) is 18.5. The van der Waals surface area contributed by atoms with Crippen LogP contribution in [-0.4, -0.2) is 35.0 Å². The Kier molecular flexibility index (Phi) is 5.02. The number of para-hydroxylation sites is 1. The van der Waals surface area contributed by atoms with Gasteiger partial charge in [-0.05, 0) is 69.5 Å². The van der Waals surface area contributed by atoms with E-state index in [2.05, 4.69) is 41.1 Å². The number of carbonyl (C=O) groups excluding carboxylic acids is 1. The minimum Gasteiger partial charge on any atom is -0.463 e. The molecule has 1 N–H and O–H groups in total. The molecule has 1 aromatic heterocycles. The Morgan fingerprint density at radius 1 is 1.33 bits per heavy atom. The highest BCUT2D eigenvalue weighted by Crippen LogP contribution is 2.53. The summed E-state index contributed by atoms with van der Waals surface area (Å²) in [5.74, 6) is -0.0531. The molecule has 2 aliphatic rings. The van der Waals surface area contributed by atoms with Gasteiger partial charge in [0.05, 0.1) is 12.1 Å². The quantitative estimate of drug-likeness (QED) is 0.756. The van der Waals surface area contributed by atoms with Crippen LogP contribution in [0.4, 0.5) is 0 Å². The summed E-state index contributed by atoms with van der Waals surface area (Å²) in [7, 11) is 0. The molecule has 0 saturated carbocycles. The van der Waals surface area contributed by atoms with Crippen molar-refractivity contribution in [2.24, 2.45) is 5.41 Å². The van der Waals surface area contributed by atoms with Crippen molar-refractivity contribution in [1.29, 1.82) is 0 Å². The van der Waals surface area contributed by atoms with Crippen LogP contribution in [0.1, 0.15) is 70.2 Å². The molecule has 0 bridgehead atoms. The zero-order chi connectivity index (χ0) is 19.0. The number of piperidine rings is 1. The molecular weight excluding hydrogens is 336 g/mol. The lowest BCUT2D eigenvalue weighted by atomic mass is 9.65. The number of aromatic nitrogens is 1. The molecule has 3 heterocycles. The maximum Gasteiger partial charge on any atom is 0.306 e. The third-order valence-electron chi connectivity index (χ3n) is 6.73. The number of ether oxygens (including phenoxy) is 1. The van der Waals surface area contributed by atoms with E-state index in [9.17, 15) is 4.79 Å². The molecule has 2 atom stereocenters. The second-order valence-corrected chi connectivity index (χ2v) is 8.61. The molecule has 146 valence electrons. The second kappa shape index (κ2) is 7.31. The van der Waals surface area contributed by atoms with Crippen LogP contribution in [0.2, 0.25) is 0 Å². The molecule has 0 spiro atoms. The number of carbonyl (C=O) groups is 1. The number of hydrogen-bond acceptors (Lipinski definition) is 3. The Morgan fingerprint density at radius 3 is 2.93 bits per heavy atom. The molecule has 1 fully saturated rings. The third-order valence-corrected chi connectivity index (χ3v) is 6.73. The van der Waals surface area contributed by atoms with Crippen LogP contribution in [0.3, 0.4) is 0 Å². The smallest absolute Gasteiger partial charge is 0.306 e. The van der Waals surface area contributed by atoms with Crippen molar-refractivity contribution < 1.29 is 9.53 Å². The van der Waals surface area contributed by atoms with Crippen LogP contribution < -0.4 is 0 Å². The topological polar surface area (TPSA) is 45.3 Å². The summed E-state index contributed by atoms with van der Waals surface area (Å²) >= 11 is 0. The van der Waals surface area contributed by atoms with Gasteiger partial charge in [0.25, 0.3) is 0 Å². The van der Waals surface area contributed by atoms with Crippen LogP contribution in [0, 0.1) is 5.41 Å². The second-order valence-electron chi connectivity index (χ2n) is 8.61. The summed E-state index contributed by atoms with van der Waals surface area (Å²) in [4.78, 5) is 18.7. The molecule has 2 aromatic rings. The maximum atomic E-state index is 12.3. The average Bonchev–Trinajstić information content (AvgIpc) is 3.04. The minimum atomic E-state index is -0.0531. The van der Waals surface area contributed by atoms with Crippen LogP contribution >= 0.6 is 0 Å². The molecule has 4 nitrogen and oxygen atoms in total. The van der Waals surface area contributed by atoms with E-state index in [1.54, 1.807) is 0 Å². The number of nitrogens with one attached hydrogen (secondary N) is 1. The summed E-state index contributed by atoms with van der Waals surface area (Å²) in [6, 6.07) is 9.07. The number of hydrogen-bond donors (Lipinski definition) is 1. The Morgan fingerprint density at radius 2 is 2.15 bits per heavy atom. The normalized spacial score (nSPS) is 25.4. The van der Waals surface area contributed by atoms with Crippen molar-refractivity contribution in [3.8, 4) is 0 Å². The standard InChI is InChI=1S/C23H32N2O2/c1-4-23(13-10-20(26)27-16(2)3)12-7-14-25-15-11-18-17-8-5-6-9-19(17)24-21(18)22(23)25/h5-6,8-9,16,22,24H,4,7,10-15H2,1-3H3/t22-,23+/m0/s1. The van der Waals surface area contributed by atoms with Crippen LogP contribution in [0.15, 0.2) is 24.3 Å². The fraction of sp³-hybridized carbons (Fsp3) is 0.609. The Balaban J connectivity index is 1.68. The van der Waals surface area contributed by atoms with Gasteiger partial charge in [-0.1, -0.05) is 25.1 Å². The van der Waals surface area contributed by atoms with E-state index in [0.717, 1.165) is 32.4 Å². The summed E-state index contributed by atoms with van der Waals surface area (Å²) in [5, 5.41) is 1.38. The van der Waals surface area contributed by atoms with Gasteiger partial charge in [-0.3, -0.25) is 9.69 Å². The van der Waals surface area contributed by atoms with Crippen LogP contribution in [0.25, 0.3) is 10.9 Å². The predicted molar refractivity (Wildman–Crippen MR) is 109 cm³/mol. The zero-order valence-electron chi connectivity index (χ0n) is 16.9. The average molecular weight is 369 g/mol. The van der Waals surface area contributed by atoms with E-state index in [1.165, 1.54) is 35.0 Å². The maximum absolute atomic E-state index is 12.3. The van der Waals surface area contributed by atoms with E-state index in [1.807, 2.05) is 13.8 Å². The molecule has 0 aliphatic carbocycles. The fourth-order valence-corrected chi connectivity index (χ4v) is 5.48. The Hall–Kier alpha value is -1.81. The van der Waals surface area contributed by atoms with Gasteiger partial charge in [-0.25, -0.2) is 0 Å². The van der Waals surface area contributed by atoms with Crippen molar-refractivity contribution in [3.63, 3.8) is 0 Å². The third kappa shape index (κ3) is 3.29. The van der Waals surface area contributed by atoms with Gasteiger partial charge in [0, 0.05) is 29.6 Å². The van der Waals surface area contributed by atoms with Crippen molar-refractivity contribution >= 4 is 16.9 Å². The van der Waals surface area contributed by atoms with E-state index in [4.69, 9.17) is 4.74 Å². The SMILES string of the molecule is CC[C@]1(CCC(=O)OC(C)C)CCCN2CCc3c([nH]c4ccccc34)[C@H]21. The molecule has 1 saturated heterocycles. The highest BCUT2D eigenvalue weighted by Gasteiger charge is 2.47. The summed E-state index contributed by atoms with van der Waals surface area (Å²) in [6.45, 7) is 8.44. The van der Waals surface area contributed by atoms with Gasteiger partial charge in [0.2, 0.25) is 0 Å². The minimum absolute atomic E-state index is 0.0343. The number of nitrogens with zero attached hydrogens (tertiary/aromatic N) is 1. The number of H-pyrrole nitrogens is 1. The molecule has 0 radical (unpaired) electrons. The molecule has 0 amide bonds. The van der Waals surface area contributed by atoms with Gasteiger partial charge in [-0.2, -0.15) is 0 Å². The summed E-state index contributed by atoms with van der Waals surface area (Å²) < 4.78 is 5.42. The predicted octanol–water partition coefficient (Wildman–Crippen LogP) is 4.99. The molecule has 4 rings (SSSR count). The fourth-order valence-electron chi connectivity index (χ4n) is 5.48. The van der Waals surface area contributed by atoms with E-state index in [-0.39, 0.29) is 17.5 Å². The van der Waals surface area contributed by atoms with Gasteiger partial charge in [0.1, 0.15) is 0 Å². The van der Waals surface area contributed by atoms with Crippen molar-refractivity contribution in [2.75, 3.05) is 13.1 Å². The lowest BCUT2D eigenvalue weighted by molar-refractivity contribution is -0.148. The zero-order valence-corrected chi connectivity index (χ0v) is 16.9. The molecular formula is C23H32N2O2. The first-order valence-electron chi connectivity index (χ1n) is 10.6. The lowest BCUT2D eigenvalue weighted by Gasteiger charge is -2.52. The highest BCUT2D eigenvalue weighted by atomic mass is 16.5. The van der Waals surface area contributed by atoms with Gasteiger partial charge in [0.15, 0.2) is 0 Å². The van der Waals surface area contributed by atoms with Gasteiger partial charge < -0.3 is 9.72 Å². The Bertz CT molecular complexity index is 825. The van der Waals surface area contributed by atoms with Gasteiger partial charge in [-0.15, -0.1) is 0 Å². The summed E-state index contributed by atoms with van der Waals surface area (Å²) in [6.07, 6.45) is 6.01. The molecule has 27 heavy (non-hydrogen) atoms. The van der Waals surface area contributed by atoms with Crippen LogP contribution in [-0.2, 0) is 16.0 Å². The molecule has 2 aliphatic heterocycles. The largest absolute Gasteiger partial charge is 0.463 e. The highest BCUT2D eigenvalue weighted by molar-refractivity contribution is 5.85. The Labute approximate surface area is 162 Å². The first-order valence-corrected chi connectivity index (χ1v) is 10.6. The monoisotopic (exact) mass is 368 g/mol. The van der Waals surface area contributed by atoms with Crippen molar-refractivity contribution in [3.05, 3.63) is 35.5 Å². The number of aromatic amines is 1. The molecule has 1 aromatic carbocycles. The number of benzene rings is 1. The first-order chi connectivity index (χ1) is 13.0. The van der Waals surface area contributed by atoms with E-state index in [0.29, 0.717) is 12.5 Å². The number of fused-ring (bicyclic) bond motifs is 5.